The molecule has 1 aliphatic heterocycles. The summed E-state index contributed by atoms with van der Waals surface area (Å²) in [5.41, 5.74) is 0.565. The number of ether oxygens (including phenoxy) is 1. The molecule has 1 aliphatic rings. The monoisotopic (exact) mass is 248 g/mol. The summed E-state index contributed by atoms with van der Waals surface area (Å²) in [4.78, 5) is 2.04. The van der Waals surface area contributed by atoms with E-state index in [0.29, 0.717) is 25.4 Å². The molecule has 1 saturated heterocycles. The Morgan fingerprint density at radius 1 is 1.56 bits per heavy atom. The van der Waals surface area contributed by atoms with Crippen molar-refractivity contribution in [3.63, 3.8) is 0 Å². The lowest BCUT2D eigenvalue weighted by molar-refractivity contribution is -0.0441. The van der Waals surface area contributed by atoms with Crippen LogP contribution >= 0.6 is 0 Å². The Labute approximate surface area is 107 Å². The number of morpholine rings is 1. The van der Waals surface area contributed by atoms with Gasteiger partial charge < -0.3 is 9.64 Å². The largest absolute Gasteiger partial charge is 0.372 e. The minimum Gasteiger partial charge on any atom is -0.372 e. The Hall–Kier alpha value is -1.60. The van der Waals surface area contributed by atoms with Crippen LogP contribution < -0.4 is 4.90 Å². The van der Waals surface area contributed by atoms with E-state index in [2.05, 4.69) is 6.92 Å². The predicted octanol–water partition coefficient (Wildman–Crippen LogP) is 2.70. The van der Waals surface area contributed by atoms with Crippen LogP contribution in [0.3, 0.4) is 0 Å². The van der Waals surface area contributed by atoms with Gasteiger partial charge >= 0.3 is 0 Å². The van der Waals surface area contributed by atoms with E-state index in [9.17, 15) is 4.39 Å². The minimum atomic E-state index is -0.459. The van der Waals surface area contributed by atoms with Crippen LogP contribution in [0.25, 0.3) is 0 Å². The van der Waals surface area contributed by atoms with E-state index >= 15 is 0 Å². The van der Waals surface area contributed by atoms with E-state index in [1.807, 2.05) is 17.9 Å². The minimum absolute atomic E-state index is 0.123. The quantitative estimate of drug-likeness (QED) is 0.807. The zero-order chi connectivity index (χ0) is 13.2. The van der Waals surface area contributed by atoms with E-state index in [0.717, 1.165) is 6.42 Å². The maximum Gasteiger partial charge on any atom is 0.143 e. The summed E-state index contributed by atoms with van der Waals surface area (Å²) < 4.78 is 19.4. The molecule has 0 aliphatic carbocycles. The molecule has 1 unspecified atom stereocenters. The molecular weight excluding hydrogens is 231 g/mol. The van der Waals surface area contributed by atoms with Crippen LogP contribution in [0.2, 0.25) is 0 Å². The molecule has 0 N–H and O–H groups in total. The number of rotatable bonds is 2. The summed E-state index contributed by atoms with van der Waals surface area (Å²) in [6.07, 6.45) is 0.890. The molecule has 1 aromatic carbocycles. The molecule has 0 bridgehead atoms. The van der Waals surface area contributed by atoms with Crippen LogP contribution in [0.1, 0.15) is 25.8 Å². The van der Waals surface area contributed by atoms with Crippen molar-refractivity contribution >= 4 is 5.69 Å². The Bertz CT molecular complexity index is 483. The van der Waals surface area contributed by atoms with E-state index < -0.39 is 5.82 Å². The van der Waals surface area contributed by atoms with E-state index in [-0.39, 0.29) is 11.2 Å². The van der Waals surface area contributed by atoms with Crippen molar-refractivity contribution < 1.29 is 9.13 Å². The van der Waals surface area contributed by atoms with Gasteiger partial charge in [-0.05, 0) is 25.5 Å². The first-order valence-electron chi connectivity index (χ1n) is 6.17. The molecule has 0 spiro atoms. The molecule has 1 atom stereocenters. The number of halogens is 1. The standard InChI is InChI=1S/C14H17FN2O/c1-3-14(2)10-17(7-8-18-14)13-6-4-5-12(15)11(13)9-16/h4-6H,3,7-8,10H2,1-2H3. The zero-order valence-electron chi connectivity index (χ0n) is 10.7. The van der Waals surface area contributed by atoms with Gasteiger partial charge in [-0.3, -0.25) is 0 Å². The third kappa shape index (κ3) is 2.32. The molecule has 0 amide bonds. The first-order valence-corrected chi connectivity index (χ1v) is 6.17. The third-order valence-electron chi connectivity index (χ3n) is 3.53. The van der Waals surface area contributed by atoms with Crippen LogP contribution in [-0.2, 0) is 4.74 Å². The summed E-state index contributed by atoms with van der Waals surface area (Å²) in [5, 5.41) is 9.07. The average Bonchev–Trinajstić information content (AvgIpc) is 2.38. The van der Waals surface area contributed by atoms with Crippen molar-refractivity contribution in [1.29, 1.82) is 5.26 Å². The van der Waals surface area contributed by atoms with Crippen molar-refractivity contribution in [2.75, 3.05) is 24.6 Å². The number of nitriles is 1. The number of hydrogen-bond acceptors (Lipinski definition) is 3. The van der Waals surface area contributed by atoms with Crippen molar-refractivity contribution in [1.82, 2.24) is 0 Å². The van der Waals surface area contributed by atoms with Crippen LogP contribution in [0.4, 0.5) is 10.1 Å². The lowest BCUT2D eigenvalue weighted by Gasteiger charge is -2.41. The summed E-state index contributed by atoms with van der Waals surface area (Å²) in [6, 6.07) is 6.71. The maximum absolute atomic E-state index is 13.6. The maximum atomic E-state index is 13.6. The number of hydrogen-bond donors (Lipinski definition) is 0. The summed E-state index contributed by atoms with van der Waals surface area (Å²) in [6.45, 7) is 6.09. The van der Waals surface area contributed by atoms with Gasteiger partial charge in [-0.15, -0.1) is 0 Å². The number of benzene rings is 1. The predicted molar refractivity (Wildman–Crippen MR) is 68.0 cm³/mol. The smallest absolute Gasteiger partial charge is 0.143 e. The Balaban J connectivity index is 2.32. The highest BCUT2D eigenvalue weighted by Gasteiger charge is 2.31. The van der Waals surface area contributed by atoms with Gasteiger partial charge in [0.25, 0.3) is 0 Å². The van der Waals surface area contributed by atoms with Crippen LogP contribution in [0.5, 0.6) is 0 Å². The molecule has 3 nitrogen and oxygen atoms in total. The van der Waals surface area contributed by atoms with Crippen LogP contribution in [0.15, 0.2) is 18.2 Å². The molecule has 0 radical (unpaired) electrons. The highest BCUT2D eigenvalue weighted by Crippen LogP contribution is 2.28. The van der Waals surface area contributed by atoms with Gasteiger partial charge in [0.1, 0.15) is 17.4 Å². The number of anilines is 1. The van der Waals surface area contributed by atoms with Gasteiger partial charge in [0.2, 0.25) is 0 Å². The molecule has 18 heavy (non-hydrogen) atoms. The molecule has 1 heterocycles. The van der Waals surface area contributed by atoms with E-state index in [1.54, 1.807) is 12.1 Å². The highest BCUT2D eigenvalue weighted by molar-refractivity contribution is 5.60. The molecule has 1 aromatic rings. The van der Waals surface area contributed by atoms with Gasteiger partial charge in [0, 0.05) is 13.1 Å². The lowest BCUT2D eigenvalue weighted by atomic mass is 10.00. The van der Waals surface area contributed by atoms with Gasteiger partial charge in [0.05, 0.1) is 17.9 Å². The van der Waals surface area contributed by atoms with Crippen molar-refractivity contribution in [3.8, 4) is 6.07 Å². The average molecular weight is 248 g/mol. The normalized spacial score (nSPS) is 23.8. The lowest BCUT2D eigenvalue weighted by Crippen LogP contribution is -2.50. The second kappa shape index (κ2) is 4.95. The first kappa shape index (κ1) is 12.8. The van der Waals surface area contributed by atoms with Crippen molar-refractivity contribution in [2.45, 2.75) is 25.9 Å². The topological polar surface area (TPSA) is 36.3 Å². The van der Waals surface area contributed by atoms with Crippen molar-refractivity contribution in [2.24, 2.45) is 0 Å². The highest BCUT2D eigenvalue weighted by atomic mass is 19.1. The Morgan fingerprint density at radius 2 is 2.33 bits per heavy atom. The van der Waals surface area contributed by atoms with Crippen LogP contribution in [0, 0.1) is 17.1 Å². The van der Waals surface area contributed by atoms with Gasteiger partial charge in [-0.2, -0.15) is 5.26 Å². The molecule has 4 heteroatoms. The van der Waals surface area contributed by atoms with Crippen molar-refractivity contribution in [3.05, 3.63) is 29.6 Å². The molecule has 96 valence electrons. The molecule has 0 saturated carbocycles. The fourth-order valence-corrected chi connectivity index (χ4v) is 2.24. The SMILES string of the molecule is CCC1(C)CN(c2cccc(F)c2C#N)CCO1. The van der Waals surface area contributed by atoms with Crippen LogP contribution in [-0.4, -0.2) is 25.3 Å². The Kier molecular flexibility index (Phi) is 3.53. The summed E-state index contributed by atoms with van der Waals surface area (Å²) >= 11 is 0. The third-order valence-corrected chi connectivity index (χ3v) is 3.53. The van der Waals surface area contributed by atoms with E-state index in [4.69, 9.17) is 10.00 Å². The second-order valence-corrected chi connectivity index (χ2v) is 4.82. The molecular formula is C14H17FN2O. The molecule has 2 rings (SSSR count). The first-order chi connectivity index (χ1) is 8.59. The fourth-order valence-electron chi connectivity index (χ4n) is 2.24. The van der Waals surface area contributed by atoms with E-state index in [1.165, 1.54) is 6.07 Å². The second-order valence-electron chi connectivity index (χ2n) is 4.82. The summed E-state index contributed by atoms with van der Waals surface area (Å²) in [7, 11) is 0. The summed E-state index contributed by atoms with van der Waals surface area (Å²) in [5.74, 6) is -0.459. The zero-order valence-corrected chi connectivity index (χ0v) is 10.7. The fraction of sp³-hybridized carbons (Fsp3) is 0.500. The molecule has 1 fully saturated rings. The van der Waals surface area contributed by atoms with Gasteiger partial charge in [-0.25, -0.2) is 4.39 Å². The van der Waals surface area contributed by atoms with Gasteiger partial charge in [-0.1, -0.05) is 13.0 Å². The Morgan fingerprint density at radius 3 is 3.00 bits per heavy atom. The number of nitrogens with zero attached hydrogens (tertiary/aromatic N) is 2. The molecule has 0 aromatic heterocycles. The van der Waals surface area contributed by atoms with Gasteiger partial charge in [0.15, 0.2) is 0 Å².